The van der Waals surface area contributed by atoms with Crippen LogP contribution < -0.4 is 15.1 Å². The summed E-state index contributed by atoms with van der Waals surface area (Å²) in [6.45, 7) is 1.49. The zero-order valence-electron chi connectivity index (χ0n) is 16.1. The molecule has 2 aromatic rings. The molecule has 0 radical (unpaired) electrons. The number of alkyl halides is 1. The van der Waals surface area contributed by atoms with Gasteiger partial charge >= 0.3 is 0 Å². The summed E-state index contributed by atoms with van der Waals surface area (Å²) < 4.78 is 19.5. The lowest BCUT2D eigenvalue weighted by molar-refractivity contribution is 0.0493. The highest BCUT2D eigenvalue weighted by Gasteiger charge is 2.29. The molecule has 1 aliphatic carbocycles. The molecule has 150 valence electrons. The zero-order valence-corrected chi connectivity index (χ0v) is 16.1. The van der Waals surface area contributed by atoms with Crippen LogP contribution >= 0.6 is 0 Å². The maximum absolute atomic E-state index is 12.3. The number of aromatic nitrogens is 1. The van der Waals surface area contributed by atoms with Crippen LogP contribution in [0.25, 0.3) is 11.1 Å². The number of hydrogen-bond acceptors (Lipinski definition) is 4. The summed E-state index contributed by atoms with van der Waals surface area (Å²) in [5.74, 6) is 0.868. The Hall–Kier alpha value is -2.34. The number of ether oxygens (including phenoxy) is 1. The first-order valence-electron chi connectivity index (χ1n) is 10.2. The first kappa shape index (κ1) is 19.0. The van der Waals surface area contributed by atoms with Crippen molar-refractivity contribution in [3.63, 3.8) is 0 Å². The molecule has 1 aromatic carbocycles. The van der Waals surface area contributed by atoms with Gasteiger partial charge in [0, 0.05) is 30.8 Å². The second kappa shape index (κ2) is 8.78. The number of pyridine rings is 1. The summed E-state index contributed by atoms with van der Waals surface area (Å²) in [6.07, 6.45) is 8.12. The van der Waals surface area contributed by atoms with Crippen LogP contribution in [0.4, 0.5) is 4.39 Å². The van der Waals surface area contributed by atoms with Crippen molar-refractivity contribution in [1.29, 1.82) is 0 Å². The maximum atomic E-state index is 12.3. The van der Waals surface area contributed by atoms with Crippen molar-refractivity contribution < 1.29 is 14.0 Å². The molecule has 1 aliphatic heterocycles. The number of piperidine rings is 1. The van der Waals surface area contributed by atoms with Gasteiger partial charge in [-0.15, -0.1) is 0 Å². The van der Waals surface area contributed by atoms with Gasteiger partial charge in [0.1, 0.15) is 25.1 Å². The van der Waals surface area contributed by atoms with E-state index in [1.165, 1.54) is 25.3 Å². The topological polar surface area (TPSA) is 43.7 Å². The van der Waals surface area contributed by atoms with Crippen molar-refractivity contribution in [2.45, 2.75) is 44.2 Å². The largest absolute Gasteiger partial charge is 0.490 e. The molecular formula is C22H27FN2O3. The van der Waals surface area contributed by atoms with E-state index in [9.17, 15) is 9.18 Å². The summed E-state index contributed by atoms with van der Waals surface area (Å²) >= 11 is 0. The number of hydrogen-bond donors (Lipinski definition) is 0. The Morgan fingerprint density at radius 3 is 2.32 bits per heavy atom. The van der Waals surface area contributed by atoms with Crippen molar-refractivity contribution in [1.82, 2.24) is 9.63 Å². The third kappa shape index (κ3) is 4.38. The molecule has 0 N–H and O–H groups in total. The van der Waals surface area contributed by atoms with Gasteiger partial charge in [-0.2, -0.15) is 4.73 Å². The van der Waals surface area contributed by atoms with E-state index in [1.807, 2.05) is 24.3 Å². The van der Waals surface area contributed by atoms with E-state index in [0.717, 1.165) is 53.6 Å². The lowest BCUT2D eigenvalue weighted by Gasteiger charge is -2.41. The van der Waals surface area contributed by atoms with Crippen molar-refractivity contribution in [2.75, 3.05) is 26.4 Å². The smallest absolute Gasteiger partial charge is 0.282 e. The van der Waals surface area contributed by atoms with Crippen LogP contribution in [0.5, 0.6) is 5.75 Å². The van der Waals surface area contributed by atoms with Crippen LogP contribution in [0.3, 0.4) is 0 Å². The van der Waals surface area contributed by atoms with Gasteiger partial charge in [-0.1, -0.05) is 18.6 Å². The fourth-order valence-corrected chi connectivity index (χ4v) is 3.90. The number of likely N-dealkylation sites (tertiary alicyclic amines) is 1. The molecule has 1 aromatic heterocycles. The molecule has 2 fully saturated rings. The Labute approximate surface area is 164 Å². The average Bonchev–Trinajstić information content (AvgIpc) is 2.68. The Bertz CT molecular complexity index is 824. The fraction of sp³-hybridized carbons (Fsp3) is 0.500. The minimum Gasteiger partial charge on any atom is -0.490 e. The third-order valence-electron chi connectivity index (χ3n) is 5.74. The average molecular weight is 386 g/mol. The van der Waals surface area contributed by atoms with Gasteiger partial charge in [-0.05, 0) is 49.4 Å². The molecule has 4 rings (SSSR count). The van der Waals surface area contributed by atoms with E-state index in [2.05, 4.69) is 4.90 Å². The molecule has 1 saturated heterocycles. The highest BCUT2D eigenvalue weighted by molar-refractivity contribution is 5.63. The van der Waals surface area contributed by atoms with Gasteiger partial charge in [0.2, 0.25) is 0 Å². The molecule has 2 heterocycles. The molecule has 0 unspecified atom stereocenters. The monoisotopic (exact) mass is 386 g/mol. The van der Waals surface area contributed by atoms with Gasteiger partial charge in [0.15, 0.2) is 0 Å². The van der Waals surface area contributed by atoms with Gasteiger partial charge in [-0.3, -0.25) is 4.79 Å². The molecule has 6 heteroatoms. The Balaban J connectivity index is 1.35. The summed E-state index contributed by atoms with van der Waals surface area (Å²) in [5, 5.41) is 0. The molecule has 5 nitrogen and oxygen atoms in total. The molecule has 0 bridgehead atoms. The predicted octanol–water partition coefficient (Wildman–Crippen LogP) is 3.31. The van der Waals surface area contributed by atoms with Crippen LogP contribution in [0.1, 0.15) is 32.1 Å². The van der Waals surface area contributed by atoms with Crippen LogP contribution in [-0.4, -0.2) is 48.1 Å². The van der Waals surface area contributed by atoms with E-state index in [1.54, 1.807) is 12.3 Å². The normalized spacial score (nSPS) is 18.6. The van der Waals surface area contributed by atoms with Crippen molar-refractivity contribution in [3.05, 3.63) is 52.9 Å². The van der Waals surface area contributed by atoms with Crippen LogP contribution in [0, 0.1) is 0 Å². The highest BCUT2D eigenvalue weighted by atomic mass is 19.1. The standard InChI is InChI=1S/C22H27FN2O3/c23-12-15-27-25-16-18(6-9-22(25)26)17-4-7-20(8-5-17)28-21-10-13-24(14-11-21)19-2-1-3-19/h4-9,16,19,21H,1-3,10-15H2. The van der Waals surface area contributed by atoms with Gasteiger partial charge in [-0.25, -0.2) is 4.39 Å². The molecule has 0 atom stereocenters. The quantitative estimate of drug-likeness (QED) is 0.732. The SMILES string of the molecule is O=c1ccc(-c2ccc(OC3CCN(C4CCC4)CC3)cc2)cn1OCCF. The first-order chi connectivity index (χ1) is 13.7. The highest BCUT2D eigenvalue weighted by Crippen LogP contribution is 2.29. The third-order valence-corrected chi connectivity index (χ3v) is 5.74. The van der Waals surface area contributed by atoms with Crippen LogP contribution in [-0.2, 0) is 0 Å². The minimum atomic E-state index is -0.637. The van der Waals surface area contributed by atoms with Gasteiger partial charge in [0.25, 0.3) is 5.56 Å². The van der Waals surface area contributed by atoms with Gasteiger partial charge < -0.3 is 14.5 Å². The van der Waals surface area contributed by atoms with Crippen molar-refractivity contribution in [3.8, 4) is 16.9 Å². The van der Waals surface area contributed by atoms with Crippen LogP contribution in [0.15, 0.2) is 47.4 Å². The number of halogens is 1. The summed E-state index contributed by atoms with van der Waals surface area (Å²) in [7, 11) is 0. The number of nitrogens with zero attached hydrogens (tertiary/aromatic N) is 2. The Kier molecular flexibility index (Phi) is 5.95. The number of rotatable bonds is 7. The zero-order chi connectivity index (χ0) is 19.3. The predicted molar refractivity (Wildman–Crippen MR) is 106 cm³/mol. The summed E-state index contributed by atoms with van der Waals surface area (Å²) in [4.78, 5) is 19.5. The molecule has 28 heavy (non-hydrogen) atoms. The maximum Gasteiger partial charge on any atom is 0.282 e. The van der Waals surface area contributed by atoms with Crippen LogP contribution in [0.2, 0.25) is 0 Å². The Morgan fingerprint density at radius 1 is 0.964 bits per heavy atom. The molecule has 0 amide bonds. The van der Waals surface area contributed by atoms with E-state index in [-0.39, 0.29) is 18.3 Å². The summed E-state index contributed by atoms with van der Waals surface area (Å²) in [6, 6.07) is 11.8. The lowest BCUT2D eigenvalue weighted by atomic mass is 9.90. The first-order valence-corrected chi connectivity index (χ1v) is 10.2. The molecular weight excluding hydrogens is 359 g/mol. The van der Waals surface area contributed by atoms with E-state index in [4.69, 9.17) is 9.57 Å². The minimum absolute atomic E-state index is 0.143. The van der Waals surface area contributed by atoms with E-state index in [0.29, 0.717) is 0 Å². The molecule has 2 aliphatic rings. The fourth-order valence-electron chi connectivity index (χ4n) is 3.90. The summed E-state index contributed by atoms with van der Waals surface area (Å²) in [5.41, 5.74) is 1.47. The van der Waals surface area contributed by atoms with Gasteiger partial charge in [0.05, 0.1) is 6.20 Å². The van der Waals surface area contributed by atoms with E-state index >= 15 is 0 Å². The second-order valence-corrected chi connectivity index (χ2v) is 7.57. The van der Waals surface area contributed by atoms with Crippen molar-refractivity contribution >= 4 is 0 Å². The van der Waals surface area contributed by atoms with E-state index < -0.39 is 6.67 Å². The molecule has 1 saturated carbocycles. The van der Waals surface area contributed by atoms with Crippen molar-refractivity contribution in [2.24, 2.45) is 0 Å². The second-order valence-electron chi connectivity index (χ2n) is 7.57. The molecule has 0 spiro atoms. The lowest BCUT2D eigenvalue weighted by Crippen LogP contribution is -2.46. The Morgan fingerprint density at radius 2 is 1.68 bits per heavy atom. The number of benzene rings is 1.